The normalized spacial score (nSPS) is 14.1. The molecule has 0 bridgehead atoms. The molecule has 0 heterocycles. The minimum atomic E-state index is -2.30. The summed E-state index contributed by atoms with van der Waals surface area (Å²) in [5.74, 6) is 0. The van der Waals surface area contributed by atoms with Crippen molar-refractivity contribution in [1.82, 2.24) is 5.32 Å². The molecule has 0 aliphatic rings. The van der Waals surface area contributed by atoms with Gasteiger partial charge < -0.3 is 5.32 Å². The highest BCUT2D eigenvalue weighted by Crippen LogP contribution is 2.02. The third-order valence-corrected chi connectivity index (χ3v) is 1.12. The monoisotopic (exact) mass is 155 g/mol. The van der Waals surface area contributed by atoms with E-state index in [0.29, 0.717) is 0 Å². The molecule has 0 saturated heterocycles. The van der Waals surface area contributed by atoms with Gasteiger partial charge in [-0.1, -0.05) is 0 Å². The van der Waals surface area contributed by atoms with Crippen LogP contribution in [0, 0.1) is 0 Å². The Morgan fingerprint density at radius 2 is 2.00 bits per heavy atom. The summed E-state index contributed by atoms with van der Waals surface area (Å²) < 4.78 is 34.6. The molecule has 1 N–H and O–H groups in total. The maximum absolute atomic E-state index is 11.6. The minimum absolute atomic E-state index is 0.161. The fourth-order valence-corrected chi connectivity index (χ4v) is 0.652. The maximum atomic E-state index is 11.6. The van der Waals surface area contributed by atoms with Gasteiger partial charge in [0.15, 0.2) is 0 Å². The molecule has 10 heavy (non-hydrogen) atoms. The molecular weight excluding hydrogens is 143 g/mol. The lowest BCUT2D eigenvalue weighted by Crippen LogP contribution is -2.29. The van der Waals surface area contributed by atoms with E-state index in [2.05, 4.69) is 5.32 Å². The van der Waals surface area contributed by atoms with Gasteiger partial charge in [0.1, 0.15) is 6.67 Å². The van der Waals surface area contributed by atoms with Crippen molar-refractivity contribution < 1.29 is 13.2 Å². The maximum Gasteiger partial charge on any atom is 0.240 e. The number of hydrogen-bond donors (Lipinski definition) is 1. The average Bonchev–Trinajstić information content (AvgIpc) is 1.82. The Kier molecular flexibility index (Phi) is 5.39. The molecule has 0 fully saturated rings. The van der Waals surface area contributed by atoms with Gasteiger partial charge in [-0.25, -0.2) is 13.2 Å². The van der Waals surface area contributed by atoms with E-state index in [0.717, 1.165) is 0 Å². The van der Waals surface area contributed by atoms with Crippen LogP contribution in [0.4, 0.5) is 13.2 Å². The van der Waals surface area contributed by atoms with Gasteiger partial charge in [0.05, 0.1) is 0 Å². The van der Waals surface area contributed by atoms with E-state index in [1.807, 2.05) is 0 Å². The van der Waals surface area contributed by atoms with Crippen LogP contribution in [0.1, 0.15) is 13.3 Å². The zero-order chi connectivity index (χ0) is 7.98. The van der Waals surface area contributed by atoms with Gasteiger partial charge >= 0.3 is 0 Å². The summed E-state index contributed by atoms with van der Waals surface area (Å²) in [5.41, 5.74) is 0. The Hall–Kier alpha value is -0.250. The fraction of sp³-hybridized carbons (Fsp3) is 1.00. The lowest BCUT2D eigenvalue weighted by atomic mass is 10.2. The molecule has 62 valence electrons. The van der Waals surface area contributed by atoms with Crippen molar-refractivity contribution in [2.24, 2.45) is 0 Å². The van der Waals surface area contributed by atoms with E-state index in [-0.39, 0.29) is 19.0 Å². The van der Waals surface area contributed by atoms with Crippen molar-refractivity contribution in [2.75, 3.05) is 13.2 Å². The Labute approximate surface area is 58.6 Å². The molecule has 0 aromatic carbocycles. The largest absolute Gasteiger partial charge is 0.311 e. The zero-order valence-electron chi connectivity index (χ0n) is 5.91. The predicted octanol–water partition coefficient (Wildman–Crippen LogP) is 1.59. The first-order chi connectivity index (χ1) is 4.66. The molecular formula is C6H12F3N. The van der Waals surface area contributed by atoms with Crippen LogP contribution >= 0.6 is 0 Å². The molecule has 4 heteroatoms. The summed E-state index contributed by atoms with van der Waals surface area (Å²) in [5, 5.41) is 2.61. The second-order valence-corrected chi connectivity index (χ2v) is 2.17. The van der Waals surface area contributed by atoms with Crippen molar-refractivity contribution in [3.05, 3.63) is 0 Å². The number of halogens is 3. The SMILES string of the molecule is CC(CC(F)F)NCCF. The van der Waals surface area contributed by atoms with Crippen LogP contribution in [0.2, 0.25) is 0 Å². The van der Waals surface area contributed by atoms with Gasteiger partial charge in [0.25, 0.3) is 0 Å². The first-order valence-corrected chi connectivity index (χ1v) is 3.24. The Bertz CT molecular complexity index is 77.4. The van der Waals surface area contributed by atoms with Crippen LogP contribution in [0.5, 0.6) is 0 Å². The van der Waals surface area contributed by atoms with Gasteiger partial charge in [0.2, 0.25) is 6.43 Å². The summed E-state index contributed by atoms with van der Waals surface area (Å²) in [4.78, 5) is 0. The second kappa shape index (κ2) is 5.53. The molecule has 0 aliphatic carbocycles. The number of hydrogen-bond acceptors (Lipinski definition) is 1. The summed E-state index contributed by atoms with van der Waals surface area (Å²) >= 11 is 0. The highest BCUT2D eigenvalue weighted by Gasteiger charge is 2.08. The third kappa shape index (κ3) is 5.88. The highest BCUT2D eigenvalue weighted by molar-refractivity contribution is 4.60. The zero-order valence-corrected chi connectivity index (χ0v) is 5.91. The van der Waals surface area contributed by atoms with E-state index in [9.17, 15) is 13.2 Å². The van der Waals surface area contributed by atoms with E-state index in [1.165, 1.54) is 0 Å². The van der Waals surface area contributed by atoms with Crippen LogP contribution in [-0.2, 0) is 0 Å². The first kappa shape index (κ1) is 9.75. The van der Waals surface area contributed by atoms with Gasteiger partial charge in [-0.3, -0.25) is 0 Å². The number of nitrogens with one attached hydrogen (secondary N) is 1. The minimum Gasteiger partial charge on any atom is -0.311 e. The van der Waals surface area contributed by atoms with Gasteiger partial charge in [-0.05, 0) is 6.92 Å². The topological polar surface area (TPSA) is 12.0 Å². The first-order valence-electron chi connectivity index (χ1n) is 3.24. The van der Waals surface area contributed by atoms with Crippen LogP contribution in [-0.4, -0.2) is 25.7 Å². The fourth-order valence-electron chi connectivity index (χ4n) is 0.652. The molecule has 0 aliphatic heterocycles. The molecule has 0 spiro atoms. The molecule has 1 unspecified atom stereocenters. The van der Waals surface area contributed by atoms with E-state index in [1.54, 1.807) is 6.92 Å². The van der Waals surface area contributed by atoms with Crippen molar-refractivity contribution >= 4 is 0 Å². The second-order valence-electron chi connectivity index (χ2n) is 2.17. The molecule has 0 radical (unpaired) electrons. The Morgan fingerprint density at radius 1 is 1.40 bits per heavy atom. The molecule has 0 aromatic rings. The Morgan fingerprint density at radius 3 is 2.40 bits per heavy atom. The summed E-state index contributed by atoms with van der Waals surface area (Å²) in [6.45, 7) is 1.27. The quantitative estimate of drug-likeness (QED) is 0.635. The molecule has 1 nitrogen and oxygen atoms in total. The summed E-state index contributed by atoms with van der Waals surface area (Å²) in [7, 11) is 0. The van der Waals surface area contributed by atoms with Crippen molar-refractivity contribution in [3.63, 3.8) is 0 Å². The van der Waals surface area contributed by atoms with E-state index < -0.39 is 13.1 Å². The van der Waals surface area contributed by atoms with Crippen molar-refractivity contribution in [1.29, 1.82) is 0 Å². The Balaban J connectivity index is 3.16. The molecule has 0 saturated carbocycles. The van der Waals surface area contributed by atoms with Crippen LogP contribution in [0.3, 0.4) is 0 Å². The van der Waals surface area contributed by atoms with Crippen LogP contribution in [0.15, 0.2) is 0 Å². The number of alkyl halides is 3. The molecule has 1 atom stereocenters. The van der Waals surface area contributed by atoms with Crippen LogP contribution < -0.4 is 5.32 Å². The smallest absolute Gasteiger partial charge is 0.240 e. The van der Waals surface area contributed by atoms with Crippen LogP contribution in [0.25, 0.3) is 0 Å². The number of rotatable bonds is 5. The lowest BCUT2D eigenvalue weighted by Gasteiger charge is -2.10. The molecule has 0 aromatic heterocycles. The van der Waals surface area contributed by atoms with E-state index in [4.69, 9.17) is 0 Å². The standard InChI is InChI=1S/C6H12F3N/c1-5(4-6(8)9)10-3-2-7/h5-6,10H,2-4H2,1H3. The molecule has 0 amide bonds. The van der Waals surface area contributed by atoms with Gasteiger partial charge in [0, 0.05) is 19.0 Å². The van der Waals surface area contributed by atoms with E-state index >= 15 is 0 Å². The third-order valence-electron chi connectivity index (χ3n) is 1.12. The average molecular weight is 155 g/mol. The lowest BCUT2D eigenvalue weighted by molar-refractivity contribution is 0.124. The summed E-state index contributed by atoms with van der Waals surface area (Å²) in [6.07, 6.45) is -2.51. The molecule has 0 rings (SSSR count). The predicted molar refractivity (Wildman–Crippen MR) is 34.1 cm³/mol. The van der Waals surface area contributed by atoms with Gasteiger partial charge in [-0.15, -0.1) is 0 Å². The summed E-state index contributed by atoms with van der Waals surface area (Å²) in [6, 6.07) is -0.296. The van der Waals surface area contributed by atoms with Gasteiger partial charge in [-0.2, -0.15) is 0 Å². The van der Waals surface area contributed by atoms with Crippen molar-refractivity contribution in [2.45, 2.75) is 25.8 Å². The van der Waals surface area contributed by atoms with Crippen molar-refractivity contribution in [3.8, 4) is 0 Å². The highest BCUT2D eigenvalue weighted by atomic mass is 19.3.